The molecular formula is C17H37NO4SSi. The van der Waals surface area contributed by atoms with Crippen LogP contribution in [0.3, 0.4) is 0 Å². The van der Waals surface area contributed by atoms with Crippen molar-refractivity contribution in [3.05, 3.63) is 12.7 Å². The van der Waals surface area contributed by atoms with E-state index in [9.17, 15) is 4.21 Å². The van der Waals surface area contributed by atoms with Gasteiger partial charge in [0.1, 0.15) is 6.79 Å². The summed E-state index contributed by atoms with van der Waals surface area (Å²) < 4.78 is 32.3. The molecule has 0 aliphatic heterocycles. The Bertz CT molecular complexity index is 416. The fourth-order valence-corrected chi connectivity index (χ4v) is 3.38. The molecule has 3 atom stereocenters. The van der Waals surface area contributed by atoms with Crippen LogP contribution in [-0.4, -0.2) is 49.9 Å². The first-order chi connectivity index (χ1) is 10.8. The lowest BCUT2D eigenvalue weighted by Crippen LogP contribution is -2.51. The fraction of sp³-hybridized carbons (Fsp3) is 0.882. The van der Waals surface area contributed by atoms with Gasteiger partial charge in [-0.25, -0.2) is 8.93 Å². The Labute approximate surface area is 152 Å². The van der Waals surface area contributed by atoms with Gasteiger partial charge in [-0.2, -0.15) is 0 Å². The summed E-state index contributed by atoms with van der Waals surface area (Å²) in [6, 6.07) is -0.258. The minimum atomic E-state index is -1.91. The molecule has 5 nitrogen and oxygen atoms in total. The third-order valence-corrected chi connectivity index (χ3v) is 10.4. The van der Waals surface area contributed by atoms with Gasteiger partial charge in [0.25, 0.3) is 0 Å². The number of ether oxygens (including phenoxy) is 2. The molecule has 1 unspecified atom stereocenters. The lowest BCUT2D eigenvalue weighted by atomic mass is 10.2. The zero-order valence-electron chi connectivity index (χ0n) is 16.9. The van der Waals surface area contributed by atoms with Crippen molar-refractivity contribution in [2.24, 2.45) is 0 Å². The van der Waals surface area contributed by atoms with Gasteiger partial charge in [0.2, 0.25) is 0 Å². The summed E-state index contributed by atoms with van der Waals surface area (Å²) in [7, 11) is -1.57. The lowest BCUT2D eigenvalue weighted by molar-refractivity contribution is -0.0675. The standard InChI is InChI=1S/C17H37NO4SSi/c1-11-15(21-13-20-8)14(18-23(19)16(2,3)4)12-22-24(9,10)17(5,6)7/h11,14-15,18H,1,12-13H2,2-10H3/t14-,15+,23?/m0/s1. The first-order valence-electron chi connectivity index (χ1n) is 8.31. The first kappa shape index (κ1) is 23.9. The summed E-state index contributed by atoms with van der Waals surface area (Å²) >= 11 is 0. The van der Waals surface area contributed by atoms with E-state index >= 15 is 0 Å². The van der Waals surface area contributed by atoms with Gasteiger partial charge in [-0.3, -0.25) is 0 Å². The second-order valence-corrected chi connectivity index (χ2v) is 15.3. The smallest absolute Gasteiger partial charge is 0.192 e. The van der Waals surface area contributed by atoms with Crippen LogP contribution < -0.4 is 4.72 Å². The van der Waals surface area contributed by atoms with Gasteiger partial charge in [-0.15, -0.1) is 6.58 Å². The number of rotatable bonds is 10. The molecule has 1 N–H and O–H groups in total. The van der Waals surface area contributed by atoms with Crippen molar-refractivity contribution >= 4 is 19.3 Å². The summed E-state index contributed by atoms with van der Waals surface area (Å²) in [6.07, 6.45) is 1.35. The molecule has 0 saturated heterocycles. The van der Waals surface area contributed by atoms with Crippen LogP contribution in [0.5, 0.6) is 0 Å². The largest absolute Gasteiger partial charge is 0.415 e. The van der Waals surface area contributed by atoms with E-state index < -0.39 is 19.3 Å². The van der Waals surface area contributed by atoms with Gasteiger partial charge < -0.3 is 13.9 Å². The first-order valence-corrected chi connectivity index (χ1v) is 12.4. The average molecular weight is 380 g/mol. The summed E-state index contributed by atoms with van der Waals surface area (Å²) in [6.45, 7) is 21.2. The molecule has 0 radical (unpaired) electrons. The Kier molecular flexibility index (Phi) is 9.57. The summed E-state index contributed by atoms with van der Waals surface area (Å²) in [4.78, 5) is 0. The molecule has 0 aromatic heterocycles. The maximum atomic E-state index is 12.5. The third kappa shape index (κ3) is 7.88. The highest BCUT2D eigenvalue weighted by Crippen LogP contribution is 2.36. The number of hydrogen-bond donors (Lipinski definition) is 1. The van der Waals surface area contributed by atoms with Crippen molar-refractivity contribution in [2.45, 2.75) is 76.6 Å². The topological polar surface area (TPSA) is 56.8 Å². The predicted molar refractivity (Wildman–Crippen MR) is 105 cm³/mol. The van der Waals surface area contributed by atoms with Gasteiger partial charge in [0.05, 0.1) is 34.5 Å². The molecule has 0 amide bonds. The third-order valence-electron chi connectivity index (χ3n) is 4.25. The quantitative estimate of drug-likeness (QED) is 0.358. The van der Waals surface area contributed by atoms with Crippen molar-refractivity contribution < 1.29 is 18.1 Å². The molecule has 0 aliphatic carbocycles. The molecule has 0 heterocycles. The zero-order chi connectivity index (χ0) is 19.2. The predicted octanol–water partition coefficient (Wildman–Crippen LogP) is 3.60. The zero-order valence-corrected chi connectivity index (χ0v) is 18.7. The molecule has 0 aromatic carbocycles. The van der Waals surface area contributed by atoms with Crippen LogP contribution in [0.1, 0.15) is 41.5 Å². The maximum Gasteiger partial charge on any atom is 0.192 e. The monoisotopic (exact) mass is 379 g/mol. The molecule has 7 heteroatoms. The van der Waals surface area contributed by atoms with Gasteiger partial charge in [0.15, 0.2) is 8.32 Å². The molecular weight excluding hydrogens is 342 g/mol. The average Bonchev–Trinajstić information content (AvgIpc) is 2.42. The van der Waals surface area contributed by atoms with Crippen LogP contribution in [-0.2, 0) is 24.9 Å². The van der Waals surface area contributed by atoms with E-state index in [1.54, 1.807) is 13.2 Å². The highest BCUT2D eigenvalue weighted by atomic mass is 32.2. The van der Waals surface area contributed by atoms with Crippen LogP contribution in [0.25, 0.3) is 0 Å². The van der Waals surface area contributed by atoms with E-state index in [2.05, 4.69) is 45.2 Å². The van der Waals surface area contributed by atoms with Gasteiger partial charge in [-0.1, -0.05) is 26.8 Å². The van der Waals surface area contributed by atoms with Gasteiger partial charge in [-0.05, 0) is 38.9 Å². The Morgan fingerprint density at radius 2 is 1.75 bits per heavy atom. The van der Waals surface area contributed by atoms with Gasteiger partial charge in [0, 0.05) is 7.11 Å². The number of hydrogen-bond acceptors (Lipinski definition) is 4. The second kappa shape index (κ2) is 9.59. The summed E-state index contributed by atoms with van der Waals surface area (Å²) in [5.74, 6) is 0. The van der Waals surface area contributed by atoms with Crippen LogP contribution in [0, 0.1) is 0 Å². The van der Waals surface area contributed by atoms with E-state index in [0.717, 1.165) is 0 Å². The molecule has 24 heavy (non-hydrogen) atoms. The molecule has 0 aliphatic rings. The molecule has 0 rings (SSSR count). The van der Waals surface area contributed by atoms with E-state index in [0.29, 0.717) is 6.61 Å². The molecule has 0 saturated carbocycles. The van der Waals surface area contributed by atoms with Gasteiger partial charge >= 0.3 is 0 Å². The molecule has 0 fully saturated rings. The summed E-state index contributed by atoms with van der Waals surface area (Å²) in [5, 5.41) is 0.109. The number of methoxy groups -OCH3 is 1. The molecule has 0 aromatic rings. The minimum absolute atomic E-state index is 0.109. The van der Waals surface area contributed by atoms with Crippen molar-refractivity contribution in [3.63, 3.8) is 0 Å². The Hall–Kier alpha value is -0.0531. The number of nitrogens with one attached hydrogen (secondary N) is 1. The highest BCUT2D eigenvalue weighted by Gasteiger charge is 2.38. The fourth-order valence-electron chi connectivity index (χ4n) is 1.52. The molecule has 144 valence electrons. The lowest BCUT2D eigenvalue weighted by Gasteiger charge is -2.38. The Balaban J connectivity index is 5.17. The second-order valence-electron chi connectivity index (χ2n) is 8.45. The molecule has 0 spiro atoms. The Morgan fingerprint density at radius 1 is 1.21 bits per heavy atom. The van der Waals surface area contributed by atoms with Crippen LogP contribution in [0.15, 0.2) is 12.7 Å². The van der Waals surface area contributed by atoms with E-state index in [1.165, 1.54) is 0 Å². The summed E-state index contributed by atoms with van der Waals surface area (Å²) in [5.41, 5.74) is 0. The highest BCUT2D eigenvalue weighted by molar-refractivity contribution is 7.84. The van der Waals surface area contributed by atoms with Crippen LogP contribution >= 0.6 is 0 Å². The maximum absolute atomic E-state index is 12.5. The van der Waals surface area contributed by atoms with E-state index in [1.807, 2.05) is 20.8 Å². The van der Waals surface area contributed by atoms with Crippen LogP contribution in [0.4, 0.5) is 0 Å². The van der Waals surface area contributed by atoms with Crippen molar-refractivity contribution in [2.75, 3.05) is 20.5 Å². The van der Waals surface area contributed by atoms with E-state index in [4.69, 9.17) is 13.9 Å². The molecule has 0 bridgehead atoms. The normalized spacial score (nSPS) is 17.4. The SMILES string of the molecule is C=C[C@@H](OCOC)[C@H](CO[Si](C)(C)C(C)(C)C)NS(=O)C(C)(C)C. The van der Waals surface area contributed by atoms with Crippen molar-refractivity contribution in [1.29, 1.82) is 0 Å². The Morgan fingerprint density at radius 3 is 2.12 bits per heavy atom. The van der Waals surface area contributed by atoms with Crippen LogP contribution in [0.2, 0.25) is 18.1 Å². The van der Waals surface area contributed by atoms with E-state index in [-0.39, 0.29) is 28.7 Å². The van der Waals surface area contributed by atoms with Crippen molar-refractivity contribution in [1.82, 2.24) is 4.72 Å². The minimum Gasteiger partial charge on any atom is -0.415 e. The van der Waals surface area contributed by atoms with Crippen molar-refractivity contribution in [3.8, 4) is 0 Å².